The maximum Gasteiger partial charge on any atom is 0.119 e. The Balaban J connectivity index is 0.00000288. The van der Waals surface area contributed by atoms with E-state index in [4.69, 9.17) is 4.74 Å². The zero-order chi connectivity index (χ0) is 16.7. The van der Waals surface area contributed by atoms with Gasteiger partial charge >= 0.3 is 0 Å². The standard InChI is InChI=1S/C20H27NO2.ClH/c1-15(2)17-9-11-20(12-10-17)23-14-19(22)13-21-16(3)18-7-5-4-6-8-18;/h4-12,15-16,19,21-22H,13-14H2,1-3H3;1H. The molecule has 24 heavy (non-hydrogen) atoms. The molecule has 0 saturated heterocycles. The maximum absolute atomic E-state index is 10.1. The second-order valence-electron chi connectivity index (χ2n) is 6.23. The first-order valence-corrected chi connectivity index (χ1v) is 8.25. The van der Waals surface area contributed by atoms with E-state index in [0.29, 0.717) is 12.5 Å². The second kappa shape index (κ2) is 10.3. The van der Waals surface area contributed by atoms with Gasteiger partial charge in [0.1, 0.15) is 18.5 Å². The van der Waals surface area contributed by atoms with Crippen molar-refractivity contribution in [2.75, 3.05) is 13.2 Å². The normalized spacial score (nSPS) is 13.2. The number of benzene rings is 2. The predicted molar refractivity (Wildman–Crippen MR) is 102 cm³/mol. The van der Waals surface area contributed by atoms with Crippen LogP contribution in [0.2, 0.25) is 0 Å². The van der Waals surface area contributed by atoms with Gasteiger partial charge in [0.15, 0.2) is 0 Å². The lowest BCUT2D eigenvalue weighted by molar-refractivity contribution is 0.104. The lowest BCUT2D eigenvalue weighted by Gasteiger charge is -2.18. The number of hydrogen-bond acceptors (Lipinski definition) is 3. The van der Waals surface area contributed by atoms with E-state index in [1.54, 1.807) is 0 Å². The summed E-state index contributed by atoms with van der Waals surface area (Å²) in [6.45, 7) is 7.21. The first-order chi connectivity index (χ1) is 11.1. The molecule has 0 radical (unpaired) electrons. The summed E-state index contributed by atoms with van der Waals surface area (Å²) in [5, 5.41) is 13.4. The van der Waals surface area contributed by atoms with Crippen molar-refractivity contribution in [2.45, 2.75) is 38.8 Å². The Morgan fingerprint density at radius 1 is 0.917 bits per heavy atom. The molecule has 2 aromatic carbocycles. The quantitative estimate of drug-likeness (QED) is 0.745. The van der Waals surface area contributed by atoms with Crippen molar-refractivity contribution in [2.24, 2.45) is 0 Å². The van der Waals surface area contributed by atoms with E-state index in [0.717, 1.165) is 5.75 Å². The van der Waals surface area contributed by atoms with Crippen LogP contribution in [0, 0.1) is 0 Å². The van der Waals surface area contributed by atoms with Crippen LogP contribution in [0.3, 0.4) is 0 Å². The highest BCUT2D eigenvalue weighted by molar-refractivity contribution is 5.85. The SMILES string of the molecule is CC(C)c1ccc(OCC(O)CNC(C)c2ccccc2)cc1.Cl. The fraction of sp³-hybridized carbons (Fsp3) is 0.400. The number of rotatable bonds is 8. The van der Waals surface area contributed by atoms with E-state index in [2.05, 4.69) is 50.4 Å². The highest BCUT2D eigenvalue weighted by atomic mass is 35.5. The summed E-state index contributed by atoms with van der Waals surface area (Å²) >= 11 is 0. The van der Waals surface area contributed by atoms with Crippen molar-refractivity contribution in [1.29, 1.82) is 0 Å². The number of aliphatic hydroxyl groups excluding tert-OH is 1. The van der Waals surface area contributed by atoms with Gasteiger partial charge in [0, 0.05) is 12.6 Å². The molecule has 4 heteroatoms. The molecule has 0 spiro atoms. The minimum atomic E-state index is -0.536. The Morgan fingerprint density at radius 2 is 1.54 bits per heavy atom. The second-order valence-corrected chi connectivity index (χ2v) is 6.23. The van der Waals surface area contributed by atoms with Gasteiger partial charge in [-0.2, -0.15) is 0 Å². The van der Waals surface area contributed by atoms with Crippen molar-refractivity contribution in [3.8, 4) is 5.75 Å². The zero-order valence-corrected chi connectivity index (χ0v) is 15.4. The van der Waals surface area contributed by atoms with Crippen LogP contribution < -0.4 is 10.1 Å². The van der Waals surface area contributed by atoms with Gasteiger partial charge in [-0.15, -0.1) is 12.4 Å². The maximum atomic E-state index is 10.1. The van der Waals surface area contributed by atoms with E-state index >= 15 is 0 Å². The van der Waals surface area contributed by atoms with Gasteiger partial charge in [-0.1, -0.05) is 56.3 Å². The molecule has 2 rings (SSSR count). The van der Waals surface area contributed by atoms with Gasteiger partial charge in [-0.25, -0.2) is 0 Å². The molecule has 0 aliphatic carbocycles. The summed E-state index contributed by atoms with van der Waals surface area (Å²) in [5.74, 6) is 1.31. The van der Waals surface area contributed by atoms with Crippen molar-refractivity contribution < 1.29 is 9.84 Å². The highest BCUT2D eigenvalue weighted by Gasteiger charge is 2.09. The van der Waals surface area contributed by atoms with Gasteiger partial charge < -0.3 is 15.2 Å². The first kappa shape index (κ1) is 20.5. The third-order valence-electron chi connectivity index (χ3n) is 3.95. The van der Waals surface area contributed by atoms with Crippen LogP contribution in [0.4, 0.5) is 0 Å². The third-order valence-corrected chi connectivity index (χ3v) is 3.95. The number of hydrogen-bond donors (Lipinski definition) is 2. The van der Waals surface area contributed by atoms with Crippen molar-refractivity contribution in [3.05, 3.63) is 65.7 Å². The summed E-state index contributed by atoms with van der Waals surface area (Å²) in [6, 6.07) is 18.5. The van der Waals surface area contributed by atoms with E-state index in [1.807, 2.05) is 30.3 Å². The smallest absolute Gasteiger partial charge is 0.119 e. The molecule has 132 valence electrons. The number of aliphatic hydroxyl groups is 1. The average Bonchev–Trinajstić information content (AvgIpc) is 2.59. The number of halogens is 1. The first-order valence-electron chi connectivity index (χ1n) is 8.25. The summed E-state index contributed by atoms with van der Waals surface area (Å²) in [5.41, 5.74) is 2.50. The molecular formula is C20H28ClNO2. The van der Waals surface area contributed by atoms with Crippen molar-refractivity contribution in [3.63, 3.8) is 0 Å². The predicted octanol–water partition coefficient (Wildman–Crippen LogP) is 4.32. The lowest BCUT2D eigenvalue weighted by Crippen LogP contribution is -2.33. The number of nitrogens with one attached hydrogen (secondary N) is 1. The van der Waals surface area contributed by atoms with E-state index < -0.39 is 6.10 Å². The Labute approximate surface area is 151 Å². The molecule has 2 unspecified atom stereocenters. The largest absolute Gasteiger partial charge is 0.491 e. The summed E-state index contributed by atoms with van der Waals surface area (Å²) in [7, 11) is 0. The molecule has 0 aliphatic rings. The van der Waals surface area contributed by atoms with E-state index in [-0.39, 0.29) is 25.1 Å². The van der Waals surface area contributed by atoms with Crippen molar-refractivity contribution in [1.82, 2.24) is 5.32 Å². The van der Waals surface area contributed by atoms with Crippen LogP contribution in [0.1, 0.15) is 43.9 Å². The summed E-state index contributed by atoms with van der Waals surface area (Å²) in [6.07, 6.45) is -0.536. The Kier molecular flexibility index (Phi) is 8.83. The van der Waals surface area contributed by atoms with Crippen LogP contribution >= 0.6 is 12.4 Å². The van der Waals surface area contributed by atoms with Gasteiger partial charge in [0.2, 0.25) is 0 Å². The molecule has 0 heterocycles. The monoisotopic (exact) mass is 349 g/mol. The molecular weight excluding hydrogens is 322 g/mol. The fourth-order valence-corrected chi connectivity index (χ4v) is 2.37. The fourth-order valence-electron chi connectivity index (χ4n) is 2.37. The van der Waals surface area contributed by atoms with Gasteiger partial charge in [0.05, 0.1) is 0 Å². The Morgan fingerprint density at radius 3 is 2.12 bits per heavy atom. The lowest BCUT2D eigenvalue weighted by atomic mass is 10.0. The van der Waals surface area contributed by atoms with Gasteiger partial charge in [-0.05, 0) is 36.1 Å². The van der Waals surface area contributed by atoms with Crippen molar-refractivity contribution >= 4 is 12.4 Å². The molecule has 2 aromatic rings. The molecule has 0 amide bonds. The van der Waals surface area contributed by atoms with Crippen LogP contribution in [0.25, 0.3) is 0 Å². The molecule has 0 aliphatic heterocycles. The van der Waals surface area contributed by atoms with Crippen LogP contribution in [-0.2, 0) is 0 Å². The molecule has 3 nitrogen and oxygen atoms in total. The minimum Gasteiger partial charge on any atom is -0.491 e. The molecule has 0 fully saturated rings. The van der Waals surface area contributed by atoms with E-state index in [1.165, 1.54) is 11.1 Å². The third kappa shape index (κ3) is 6.52. The van der Waals surface area contributed by atoms with Crippen LogP contribution in [0.5, 0.6) is 5.75 Å². The molecule has 2 atom stereocenters. The van der Waals surface area contributed by atoms with Gasteiger partial charge in [-0.3, -0.25) is 0 Å². The summed E-state index contributed by atoms with van der Waals surface area (Å²) in [4.78, 5) is 0. The summed E-state index contributed by atoms with van der Waals surface area (Å²) < 4.78 is 5.65. The molecule has 0 saturated carbocycles. The Bertz CT molecular complexity index is 572. The van der Waals surface area contributed by atoms with Gasteiger partial charge in [0.25, 0.3) is 0 Å². The number of ether oxygens (including phenoxy) is 1. The average molecular weight is 350 g/mol. The molecule has 0 aromatic heterocycles. The van der Waals surface area contributed by atoms with Crippen LogP contribution in [-0.4, -0.2) is 24.4 Å². The highest BCUT2D eigenvalue weighted by Crippen LogP contribution is 2.18. The Hall–Kier alpha value is -1.55. The molecule has 0 bridgehead atoms. The van der Waals surface area contributed by atoms with E-state index in [9.17, 15) is 5.11 Å². The molecule has 2 N–H and O–H groups in total. The zero-order valence-electron chi connectivity index (χ0n) is 14.6. The van der Waals surface area contributed by atoms with Crippen LogP contribution in [0.15, 0.2) is 54.6 Å². The topological polar surface area (TPSA) is 41.5 Å². The minimum absolute atomic E-state index is 0.